The third kappa shape index (κ3) is 1.57. The van der Waals surface area contributed by atoms with Gasteiger partial charge in [0.2, 0.25) is 6.26 Å². The van der Waals surface area contributed by atoms with Gasteiger partial charge in [-0.15, -0.1) is 4.39 Å². The summed E-state index contributed by atoms with van der Waals surface area (Å²) in [6.07, 6.45) is 3.90. The molecule has 1 heterocycles. The third-order valence-electron chi connectivity index (χ3n) is 0.777. The zero-order chi connectivity index (χ0) is 6.53. The van der Waals surface area contributed by atoms with E-state index < -0.39 is 0 Å². The molecule has 0 amide bonds. The average molecular weight is 124 g/mol. The van der Waals surface area contributed by atoms with Crippen LogP contribution in [0.3, 0.4) is 0 Å². The molecule has 1 rings (SSSR count). The van der Waals surface area contributed by atoms with Crippen molar-refractivity contribution < 1.29 is 8.91 Å². The molecule has 0 aliphatic heterocycles. The second-order valence-corrected chi connectivity index (χ2v) is 1.38. The Morgan fingerprint density at radius 3 is 3.33 bits per heavy atom. The highest BCUT2D eigenvalue weighted by Crippen LogP contribution is 1.92. The van der Waals surface area contributed by atoms with E-state index in [-0.39, 0.29) is 6.42 Å². The van der Waals surface area contributed by atoms with Gasteiger partial charge in [0.15, 0.2) is 0 Å². The zero-order valence-corrected chi connectivity index (χ0v) is 4.52. The van der Waals surface area contributed by atoms with E-state index in [4.69, 9.17) is 0 Å². The number of hydrogen-bond acceptors (Lipinski definition) is 2. The molecule has 0 spiro atoms. The predicted octanol–water partition coefficient (Wildman–Crippen LogP) is 0.948. The molecule has 2 nitrogen and oxygen atoms in total. The molecule has 1 aromatic rings. The van der Waals surface area contributed by atoms with Gasteiger partial charge in [-0.3, -0.25) is 0 Å². The maximum atomic E-state index is 11.2. The first kappa shape index (κ1) is 5.83. The monoisotopic (exact) mass is 124 g/mol. The van der Waals surface area contributed by atoms with Crippen molar-refractivity contribution >= 4 is 0 Å². The van der Waals surface area contributed by atoms with Gasteiger partial charge in [0.25, 0.3) is 0 Å². The topological polar surface area (TPSA) is 26.0 Å². The maximum Gasteiger partial charge on any atom is 0.205 e. The van der Waals surface area contributed by atoms with Crippen LogP contribution in [0.2, 0.25) is 0 Å². The number of rotatable bonds is 1. The van der Waals surface area contributed by atoms with Crippen LogP contribution in [0.25, 0.3) is 0 Å². The van der Waals surface area contributed by atoms with Gasteiger partial charge in [-0.1, -0.05) is 11.1 Å². The van der Waals surface area contributed by atoms with Crippen molar-refractivity contribution in [3.63, 3.8) is 0 Å². The minimum Gasteiger partial charge on any atom is -0.353 e. The summed E-state index contributed by atoms with van der Waals surface area (Å²) in [7, 11) is 0. The molecule has 0 saturated heterocycles. The molecule has 0 atom stereocenters. The summed E-state index contributed by atoms with van der Waals surface area (Å²) in [5.74, 6) is 2.19. The van der Waals surface area contributed by atoms with Gasteiger partial charge in [0, 0.05) is 6.07 Å². The van der Waals surface area contributed by atoms with Crippen molar-refractivity contribution in [1.29, 1.82) is 0 Å². The molecule has 0 fully saturated rings. The first-order valence-electron chi connectivity index (χ1n) is 2.33. The zero-order valence-electron chi connectivity index (χ0n) is 4.52. The minimum absolute atomic E-state index is 0.281. The van der Waals surface area contributed by atoms with Crippen LogP contribution < -0.4 is 0 Å². The lowest BCUT2D eigenvalue weighted by Crippen LogP contribution is -1.77. The van der Waals surface area contributed by atoms with Crippen LogP contribution in [-0.4, -0.2) is 5.16 Å². The fraction of sp³-hybridized carbons (Fsp3) is 0.167. The van der Waals surface area contributed by atoms with E-state index in [1.165, 1.54) is 12.2 Å². The van der Waals surface area contributed by atoms with Gasteiger partial charge in [-0.05, 0) is 0 Å². The fourth-order valence-corrected chi connectivity index (χ4v) is 0.413. The molecule has 45 valence electrons. The van der Waals surface area contributed by atoms with E-state index in [0.29, 0.717) is 5.69 Å². The highest BCUT2D eigenvalue weighted by atomic mass is 19.1. The molecule has 3 heteroatoms. The number of nitrogens with zero attached hydrogens (tertiary/aromatic N) is 1. The maximum absolute atomic E-state index is 11.2. The number of aromatic nitrogens is 1. The Hall–Kier alpha value is -1.30. The fourth-order valence-electron chi connectivity index (χ4n) is 0.413. The van der Waals surface area contributed by atoms with Crippen molar-refractivity contribution in [2.45, 2.75) is 6.42 Å². The Morgan fingerprint density at radius 1 is 1.89 bits per heavy atom. The quantitative estimate of drug-likeness (QED) is 0.521. The van der Waals surface area contributed by atoms with Gasteiger partial charge in [-0.25, -0.2) is 0 Å². The highest BCUT2D eigenvalue weighted by Gasteiger charge is 1.90. The van der Waals surface area contributed by atoms with E-state index >= 15 is 0 Å². The predicted molar refractivity (Wildman–Crippen MR) is 27.9 cm³/mol. The van der Waals surface area contributed by atoms with Gasteiger partial charge in [0.05, 0.1) is 12.1 Å². The van der Waals surface area contributed by atoms with Crippen molar-refractivity contribution in [3.05, 3.63) is 18.0 Å². The van der Waals surface area contributed by atoms with Crippen molar-refractivity contribution in [3.8, 4) is 12.1 Å². The van der Waals surface area contributed by atoms with E-state index in [1.807, 2.05) is 0 Å². The second-order valence-electron chi connectivity index (χ2n) is 1.38. The smallest absolute Gasteiger partial charge is 0.205 e. The summed E-state index contributed by atoms with van der Waals surface area (Å²) in [5.41, 5.74) is 0.597. The Kier molecular flexibility index (Phi) is 1.86. The van der Waals surface area contributed by atoms with E-state index in [0.717, 1.165) is 0 Å². The highest BCUT2D eigenvalue weighted by molar-refractivity contribution is 5.06. The molecule has 0 bridgehead atoms. The Labute approximate surface area is 51.7 Å². The molecule has 0 aliphatic carbocycles. The van der Waals surface area contributed by atoms with Crippen molar-refractivity contribution in [2.75, 3.05) is 0 Å². The van der Waals surface area contributed by atoms with E-state index in [9.17, 15) is 4.39 Å². The van der Waals surface area contributed by atoms with Crippen LogP contribution in [0, 0.1) is 18.4 Å². The van der Waals surface area contributed by atoms with Crippen LogP contribution in [0.15, 0.2) is 10.6 Å². The molecule has 0 N–H and O–H groups in total. The molecule has 0 aromatic carbocycles. The van der Waals surface area contributed by atoms with Crippen LogP contribution >= 0.6 is 0 Å². The lowest BCUT2D eigenvalue weighted by molar-refractivity contribution is 0.407. The lowest BCUT2D eigenvalue weighted by Gasteiger charge is -1.75. The molecule has 9 heavy (non-hydrogen) atoms. The first-order chi connectivity index (χ1) is 4.43. The minimum atomic E-state index is 0.281. The Bertz CT molecular complexity index is 219. The second kappa shape index (κ2) is 2.88. The normalized spacial score (nSPS) is 8.11. The molecule has 1 radical (unpaired) electrons. The van der Waals surface area contributed by atoms with Crippen LogP contribution in [0.1, 0.15) is 5.69 Å². The number of hydrogen-bond donors (Lipinski definition) is 0. The molecular weight excluding hydrogens is 121 g/mol. The Morgan fingerprint density at radius 2 is 2.78 bits per heavy atom. The molecule has 0 saturated carbocycles. The summed E-state index contributed by atoms with van der Waals surface area (Å²) < 4.78 is 15.5. The van der Waals surface area contributed by atoms with E-state index in [1.54, 1.807) is 0 Å². The van der Waals surface area contributed by atoms with Crippen molar-refractivity contribution in [1.82, 2.24) is 5.16 Å². The van der Waals surface area contributed by atoms with Gasteiger partial charge >= 0.3 is 0 Å². The standard InChI is InChI=1S/C6H3FNO/c7-4-1-2-6-3-5-9-8-6/h3H,2H2. The molecule has 0 aliphatic rings. The molecule has 1 aromatic heterocycles. The summed E-state index contributed by atoms with van der Waals surface area (Å²) in [4.78, 5) is 0. The summed E-state index contributed by atoms with van der Waals surface area (Å²) in [5, 5.41) is 3.45. The van der Waals surface area contributed by atoms with Crippen molar-refractivity contribution in [2.24, 2.45) is 0 Å². The number of halogens is 1. The van der Waals surface area contributed by atoms with Gasteiger partial charge < -0.3 is 4.52 Å². The summed E-state index contributed by atoms with van der Waals surface area (Å²) in [6, 6.07) is 1.52. The van der Waals surface area contributed by atoms with Crippen LogP contribution in [0.5, 0.6) is 0 Å². The largest absolute Gasteiger partial charge is 0.353 e. The Balaban J connectivity index is 2.54. The lowest BCUT2D eigenvalue weighted by atomic mass is 10.3. The van der Waals surface area contributed by atoms with Crippen LogP contribution in [-0.2, 0) is 6.42 Å². The molecule has 0 unspecified atom stereocenters. The van der Waals surface area contributed by atoms with E-state index in [2.05, 4.69) is 21.9 Å². The molecular formula is C6H3FNO. The average Bonchev–Trinajstić information content (AvgIpc) is 2.34. The summed E-state index contributed by atoms with van der Waals surface area (Å²) >= 11 is 0. The van der Waals surface area contributed by atoms with Gasteiger partial charge in [0.1, 0.15) is 6.17 Å². The SMILES string of the molecule is FC#CCc1c[c]on1. The van der Waals surface area contributed by atoms with Gasteiger partial charge in [-0.2, -0.15) is 0 Å². The van der Waals surface area contributed by atoms with Crippen LogP contribution in [0.4, 0.5) is 4.39 Å². The third-order valence-corrected chi connectivity index (χ3v) is 0.777. The first-order valence-corrected chi connectivity index (χ1v) is 2.33. The summed E-state index contributed by atoms with van der Waals surface area (Å²) in [6.45, 7) is 0.